The number of hydrogen-bond acceptors (Lipinski definition) is 4. The summed E-state index contributed by atoms with van der Waals surface area (Å²) in [5, 5.41) is 13.4. The highest BCUT2D eigenvalue weighted by Crippen LogP contribution is 2.48. The molecule has 1 fully saturated rings. The zero-order valence-electron chi connectivity index (χ0n) is 8.86. The van der Waals surface area contributed by atoms with Crippen molar-refractivity contribution < 1.29 is 14.6 Å². The summed E-state index contributed by atoms with van der Waals surface area (Å²) in [5.41, 5.74) is 0.878. The van der Waals surface area contributed by atoms with Crippen molar-refractivity contribution in [3.8, 4) is 0 Å². The Hall–Kier alpha value is -1.36. The van der Waals surface area contributed by atoms with Crippen LogP contribution in [0.5, 0.6) is 0 Å². The van der Waals surface area contributed by atoms with Gasteiger partial charge in [-0.2, -0.15) is 5.10 Å². The van der Waals surface area contributed by atoms with Gasteiger partial charge in [0.05, 0.1) is 13.7 Å². The maximum absolute atomic E-state index is 11.5. The van der Waals surface area contributed by atoms with Crippen LogP contribution in [0.1, 0.15) is 28.9 Å². The minimum Gasteiger partial charge on any atom is -0.464 e. The summed E-state index contributed by atoms with van der Waals surface area (Å²) in [6.07, 6.45) is 3.59. The average molecular weight is 210 g/mol. The van der Waals surface area contributed by atoms with Gasteiger partial charge < -0.3 is 9.84 Å². The Morgan fingerprint density at radius 1 is 1.73 bits per heavy atom. The van der Waals surface area contributed by atoms with Crippen LogP contribution in [-0.4, -0.2) is 34.6 Å². The van der Waals surface area contributed by atoms with E-state index in [9.17, 15) is 9.90 Å². The highest BCUT2D eigenvalue weighted by Gasteiger charge is 2.47. The molecule has 82 valence electrons. The quantitative estimate of drug-likeness (QED) is 0.725. The van der Waals surface area contributed by atoms with Crippen molar-refractivity contribution in [3.63, 3.8) is 0 Å². The number of aryl methyl sites for hydroxylation is 1. The monoisotopic (exact) mass is 210 g/mol. The van der Waals surface area contributed by atoms with Crippen molar-refractivity contribution >= 4 is 5.97 Å². The van der Waals surface area contributed by atoms with Gasteiger partial charge >= 0.3 is 5.97 Å². The summed E-state index contributed by atoms with van der Waals surface area (Å²) in [6, 6.07) is 0. The van der Waals surface area contributed by atoms with E-state index >= 15 is 0 Å². The molecule has 1 aliphatic rings. The van der Waals surface area contributed by atoms with Crippen LogP contribution < -0.4 is 0 Å². The Bertz CT molecular complexity index is 393. The van der Waals surface area contributed by atoms with Crippen molar-refractivity contribution in [2.24, 2.45) is 7.05 Å². The number of carbonyl (C=O) groups is 1. The SMILES string of the molecule is COC(=O)c1nn(C)cc1C1(CO)CC1. The van der Waals surface area contributed by atoms with Crippen LogP contribution in [0.2, 0.25) is 0 Å². The van der Waals surface area contributed by atoms with Gasteiger partial charge in [0, 0.05) is 24.2 Å². The molecule has 0 saturated heterocycles. The van der Waals surface area contributed by atoms with Gasteiger partial charge in [0.15, 0.2) is 5.69 Å². The molecule has 5 nitrogen and oxygen atoms in total. The number of carbonyl (C=O) groups excluding carboxylic acids is 1. The summed E-state index contributed by atoms with van der Waals surface area (Å²) >= 11 is 0. The zero-order chi connectivity index (χ0) is 11.1. The van der Waals surface area contributed by atoms with Crippen LogP contribution in [0, 0.1) is 0 Å². The Morgan fingerprint density at radius 3 is 2.87 bits per heavy atom. The third-order valence-electron chi connectivity index (χ3n) is 2.94. The van der Waals surface area contributed by atoms with Gasteiger partial charge in [0.25, 0.3) is 0 Å². The number of aromatic nitrogens is 2. The smallest absolute Gasteiger partial charge is 0.358 e. The predicted octanol–water partition coefficient (Wildman–Crippen LogP) is 0.231. The van der Waals surface area contributed by atoms with Crippen LogP contribution in [0.3, 0.4) is 0 Å². The minimum atomic E-state index is -0.440. The van der Waals surface area contributed by atoms with Gasteiger partial charge in [-0.15, -0.1) is 0 Å². The predicted molar refractivity (Wildman–Crippen MR) is 52.5 cm³/mol. The first kappa shape index (κ1) is 10.2. The van der Waals surface area contributed by atoms with Gasteiger partial charge in [0.2, 0.25) is 0 Å². The molecule has 0 radical (unpaired) electrons. The van der Waals surface area contributed by atoms with E-state index in [4.69, 9.17) is 0 Å². The lowest BCUT2D eigenvalue weighted by Crippen LogP contribution is -2.16. The number of nitrogens with zero attached hydrogens (tertiary/aromatic N) is 2. The maximum atomic E-state index is 11.5. The average Bonchev–Trinajstić information content (AvgIpc) is 2.95. The van der Waals surface area contributed by atoms with Crippen molar-refractivity contribution in [3.05, 3.63) is 17.5 Å². The second kappa shape index (κ2) is 3.34. The summed E-state index contributed by atoms with van der Waals surface area (Å²) < 4.78 is 6.24. The van der Waals surface area contributed by atoms with Gasteiger partial charge in [-0.3, -0.25) is 4.68 Å². The summed E-state index contributed by atoms with van der Waals surface area (Å²) in [4.78, 5) is 11.5. The lowest BCUT2D eigenvalue weighted by molar-refractivity contribution is 0.0590. The summed E-state index contributed by atoms with van der Waals surface area (Å²) in [7, 11) is 3.09. The fourth-order valence-electron chi connectivity index (χ4n) is 1.79. The van der Waals surface area contributed by atoms with Gasteiger partial charge in [-0.25, -0.2) is 4.79 Å². The van der Waals surface area contributed by atoms with Crippen molar-refractivity contribution in [1.82, 2.24) is 9.78 Å². The molecule has 5 heteroatoms. The molecule has 1 aromatic rings. The van der Waals surface area contributed by atoms with Crippen molar-refractivity contribution in [1.29, 1.82) is 0 Å². The standard InChI is InChI=1S/C10H14N2O3/c1-12-5-7(10(6-13)3-4-10)8(11-12)9(14)15-2/h5,13H,3-4,6H2,1-2H3. The number of rotatable bonds is 3. The molecular formula is C10H14N2O3. The van der Waals surface area contributed by atoms with E-state index in [1.807, 2.05) is 0 Å². The van der Waals surface area contributed by atoms with Crippen molar-refractivity contribution in [2.45, 2.75) is 18.3 Å². The van der Waals surface area contributed by atoms with E-state index in [0.29, 0.717) is 5.69 Å². The molecule has 1 aromatic heterocycles. The third kappa shape index (κ3) is 1.52. The molecule has 0 atom stereocenters. The minimum absolute atomic E-state index is 0.0582. The Labute approximate surface area is 87.7 Å². The molecule has 1 N–H and O–H groups in total. The fourth-order valence-corrected chi connectivity index (χ4v) is 1.79. The molecule has 1 aliphatic carbocycles. The normalized spacial score (nSPS) is 17.5. The zero-order valence-corrected chi connectivity index (χ0v) is 8.86. The molecule has 0 bridgehead atoms. The van der Waals surface area contributed by atoms with Crippen LogP contribution in [0.25, 0.3) is 0 Å². The fraction of sp³-hybridized carbons (Fsp3) is 0.600. The van der Waals surface area contributed by atoms with Crippen LogP contribution in [0.15, 0.2) is 6.20 Å². The topological polar surface area (TPSA) is 64.3 Å². The maximum Gasteiger partial charge on any atom is 0.358 e. The first-order valence-corrected chi connectivity index (χ1v) is 4.86. The second-order valence-corrected chi connectivity index (χ2v) is 4.00. The largest absolute Gasteiger partial charge is 0.464 e. The third-order valence-corrected chi connectivity index (χ3v) is 2.94. The van der Waals surface area contributed by atoms with E-state index in [-0.39, 0.29) is 12.0 Å². The van der Waals surface area contributed by atoms with Crippen molar-refractivity contribution in [2.75, 3.05) is 13.7 Å². The van der Waals surface area contributed by atoms with Gasteiger partial charge in [-0.05, 0) is 12.8 Å². The highest BCUT2D eigenvalue weighted by molar-refractivity contribution is 5.89. The molecule has 0 amide bonds. The highest BCUT2D eigenvalue weighted by atomic mass is 16.5. The number of aliphatic hydroxyl groups excluding tert-OH is 1. The Kier molecular flexibility index (Phi) is 2.26. The van der Waals surface area contributed by atoms with Gasteiger partial charge in [0.1, 0.15) is 0 Å². The van der Waals surface area contributed by atoms with E-state index in [0.717, 1.165) is 18.4 Å². The molecule has 0 aliphatic heterocycles. The van der Waals surface area contributed by atoms with E-state index < -0.39 is 5.97 Å². The molecule has 0 aromatic carbocycles. The summed E-state index contributed by atoms with van der Waals surface area (Å²) in [6.45, 7) is 0.0582. The first-order valence-electron chi connectivity index (χ1n) is 4.86. The van der Waals surface area contributed by atoms with Crippen LogP contribution in [0.4, 0.5) is 0 Å². The molecule has 0 spiro atoms. The molecule has 2 rings (SSSR count). The molecular weight excluding hydrogens is 196 g/mol. The van der Waals surface area contributed by atoms with Crippen LogP contribution in [-0.2, 0) is 17.2 Å². The number of methoxy groups -OCH3 is 1. The van der Waals surface area contributed by atoms with Gasteiger partial charge in [-0.1, -0.05) is 0 Å². The number of esters is 1. The number of aliphatic hydroxyl groups is 1. The molecule has 1 saturated carbocycles. The molecule has 1 heterocycles. The second-order valence-electron chi connectivity index (χ2n) is 4.00. The van der Waals surface area contributed by atoms with E-state index in [1.165, 1.54) is 7.11 Å². The van der Waals surface area contributed by atoms with E-state index in [1.54, 1.807) is 17.9 Å². The lowest BCUT2D eigenvalue weighted by Gasteiger charge is -2.09. The number of hydrogen-bond donors (Lipinski definition) is 1. The Balaban J connectivity index is 2.42. The van der Waals surface area contributed by atoms with Crippen LogP contribution >= 0.6 is 0 Å². The first-order chi connectivity index (χ1) is 7.13. The summed E-state index contributed by atoms with van der Waals surface area (Å²) in [5.74, 6) is -0.440. The molecule has 0 unspecified atom stereocenters. The number of ether oxygens (including phenoxy) is 1. The van der Waals surface area contributed by atoms with E-state index in [2.05, 4.69) is 9.84 Å². The lowest BCUT2D eigenvalue weighted by atomic mass is 9.97. The Morgan fingerprint density at radius 2 is 2.40 bits per heavy atom. The molecule has 15 heavy (non-hydrogen) atoms.